The predicted octanol–water partition coefficient (Wildman–Crippen LogP) is 5.12. The molecule has 0 bridgehead atoms. The van der Waals surface area contributed by atoms with Crippen molar-refractivity contribution in [2.45, 2.75) is 10.9 Å². The lowest BCUT2D eigenvalue weighted by Gasteiger charge is -2.20. The molecule has 0 aromatic heterocycles. The van der Waals surface area contributed by atoms with Gasteiger partial charge in [0.2, 0.25) is 0 Å². The molecule has 3 aromatic rings. The number of esters is 1. The van der Waals surface area contributed by atoms with Gasteiger partial charge in [-0.2, -0.15) is 0 Å². The fourth-order valence-electron chi connectivity index (χ4n) is 2.85. The monoisotopic (exact) mass is 425 g/mol. The van der Waals surface area contributed by atoms with Crippen molar-refractivity contribution in [2.24, 2.45) is 0 Å². The molecule has 3 rings (SSSR count). The van der Waals surface area contributed by atoms with Crippen molar-refractivity contribution >= 4 is 35.2 Å². The van der Waals surface area contributed by atoms with Gasteiger partial charge in [-0.25, -0.2) is 4.79 Å². The molecule has 0 atom stereocenters. The highest BCUT2D eigenvalue weighted by Crippen LogP contribution is 2.24. The number of amides is 1. The number of nitrogens with one attached hydrogen (secondary N) is 1. The molecule has 0 heterocycles. The van der Waals surface area contributed by atoms with Crippen LogP contribution in [0.2, 0.25) is 5.02 Å². The Bertz CT molecular complexity index is 940. The van der Waals surface area contributed by atoms with Gasteiger partial charge in [0.25, 0.3) is 5.91 Å². The zero-order valence-corrected chi connectivity index (χ0v) is 17.4. The number of hydrogen-bond acceptors (Lipinski definition) is 4. The van der Waals surface area contributed by atoms with E-state index in [0.29, 0.717) is 5.02 Å². The van der Waals surface area contributed by atoms with Crippen LogP contribution in [0, 0.1) is 0 Å². The van der Waals surface area contributed by atoms with E-state index in [2.05, 4.69) is 5.32 Å². The summed E-state index contributed by atoms with van der Waals surface area (Å²) in [5.74, 6) is -1.02. The Kier molecular flexibility index (Phi) is 7.33. The standard InChI is InChI=1S/C23H20ClNO3S/c1-29-18-12-13-20(24)19(14-18)23(27)28-15-21(26)25-22(16-8-4-2-5-9-16)17-10-6-3-7-11-17/h2-14,22H,15H2,1H3,(H,25,26). The van der Waals surface area contributed by atoms with Crippen LogP contribution in [-0.2, 0) is 9.53 Å². The molecule has 1 N–H and O–H groups in total. The van der Waals surface area contributed by atoms with Gasteiger partial charge in [-0.15, -0.1) is 11.8 Å². The minimum Gasteiger partial charge on any atom is -0.452 e. The summed E-state index contributed by atoms with van der Waals surface area (Å²) in [7, 11) is 0. The molecule has 3 aromatic carbocycles. The zero-order chi connectivity index (χ0) is 20.6. The van der Waals surface area contributed by atoms with Crippen LogP contribution < -0.4 is 5.32 Å². The van der Waals surface area contributed by atoms with Gasteiger partial charge < -0.3 is 10.1 Å². The molecule has 0 aliphatic heterocycles. The Morgan fingerprint density at radius 3 is 2.10 bits per heavy atom. The van der Waals surface area contributed by atoms with Gasteiger partial charge in [0.1, 0.15) is 0 Å². The molecule has 4 nitrogen and oxygen atoms in total. The molecule has 0 saturated heterocycles. The number of ether oxygens (including phenoxy) is 1. The van der Waals surface area contributed by atoms with E-state index in [-0.39, 0.29) is 11.6 Å². The Hall–Kier alpha value is -2.76. The second-order valence-electron chi connectivity index (χ2n) is 6.24. The van der Waals surface area contributed by atoms with E-state index in [1.807, 2.05) is 73.0 Å². The van der Waals surface area contributed by atoms with E-state index in [1.54, 1.807) is 12.1 Å². The van der Waals surface area contributed by atoms with Crippen molar-refractivity contribution in [3.63, 3.8) is 0 Å². The summed E-state index contributed by atoms with van der Waals surface area (Å²) in [6.45, 7) is -0.394. The molecule has 0 aliphatic carbocycles. The average molecular weight is 426 g/mol. The summed E-state index contributed by atoms with van der Waals surface area (Å²) in [6, 6.07) is 24.0. The van der Waals surface area contributed by atoms with Crippen molar-refractivity contribution in [2.75, 3.05) is 12.9 Å². The number of benzene rings is 3. The fourth-order valence-corrected chi connectivity index (χ4v) is 3.48. The summed E-state index contributed by atoms with van der Waals surface area (Å²) in [6.07, 6.45) is 1.90. The molecule has 1 amide bonds. The van der Waals surface area contributed by atoms with Crippen LogP contribution in [0.25, 0.3) is 0 Å². The first-order valence-electron chi connectivity index (χ1n) is 8.98. The summed E-state index contributed by atoms with van der Waals surface area (Å²) < 4.78 is 5.20. The number of hydrogen-bond donors (Lipinski definition) is 1. The number of carbonyl (C=O) groups is 2. The van der Waals surface area contributed by atoms with Gasteiger partial charge >= 0.3 is 5.97 Å². The predicted molar refractivity (Wildman–Crippen MR) is 116 cm³/mol. The van der Waals surface area contributed by atoms with Crippen molar-refractivity contribution < 1.29 is 14.3 Å². The first kappa shape index (κ1) is 21.0. The second kappa shape index (κ2) is 10.1. The van der Waals surface area contributed by atoms with Gasteiger partial charge in [-0.1, -0.05) is 72.3 Å². The zero-order valence-electron chi connectivity index (χ0n) is 15.8. The van der Waals surface area contributed by atoms with Gasteiger partial charge in [0.05, 0.1) is 16.6 Å². The van der Waals surface area contributed by atoms with Crippen LogP contribution in [0.4, 0.5) is 0 Å². The van der Waals surface area contributed by atoms with E-state index in [9.17, 15) is 9.59 Å². The number of carbonyl (C=O) groups excluding carboxylic acids is 2. The highest BCUT2D eigenvalue weighted by Gasteiger charge is 2.19. The minimum absolute atomic E-state index is 0.244. The fraction of sp³-hybridized carbons (Fsp3) is 0.130. The van der Waals surface area contributed by atoms with Crippen LogP contribution >= 0.6 is 23.4 Å². The molecule has 0 saturated carbocycles. The molecular formula is C23H20ClNO3S. The van der Waals surface area contributed by atoms with Crippen LogP contribution in [0.15, 0.2) is 83.8 Å². The minimum atomic E-state index is -0.628. The van der Waals surface area contributed by atoms with Gasteiger partial charge in [-0.3, -0.25) is 4.79 Å². The maximum atomic E-state index is 12.5. The topological polar surface area (TPSA) is 55.4 Å². The maximum absolute atomic E-state index is 12.5. The van der Waals surface area contributed by atoms with E-state index in [4.69, 9.17) is 16.3 Å². The third kappa shape index (κ3) is 5.62. The molecule has 6 heteroatoms. The van der Waals surface area contributed by atoms with Crippen LogP contribution in [0.5, 0.6) is 0 Å². The van der Waals surface area contributed by atoms with Crippen molar-refractivity contribution in [3.05, 3.63) is 101 Å². The Morgan fingerprint density at radius 1 is 0.966 bits per heavy atom. The highest BCUT2D eigenvalue weighted by molar-refractivity contribution is 7.98. The lowest BCUT2D eigenvalue weighted by molar-refractivity contribution is -0.124. The number of thioether (sulfide) groups is 1. The van der Waals surface area contributed by atoms with E-state index in [0.717, 1.165) is 16.0 Å². The smallest absolute Gasteiger partial charge is 0.340 e. The molecule has 148 valence electrons. The summed E-state index contributed by atoms with van der Waals surface area (Å²) in [5.41, 5.74) is 2.12. The molecular weight excluding hydrogens is 406 g/mol. The lowest BCUT2D eigenvalue weighted by atomic mass is 9.99. The molecule has 0 fully saturated rings. The largest absolute Gasteiger partial charge is 0.452 e. The molecule has 0 spiro atoms. The van der Waals surface area contributed by atoms with Crippen molar-refractivity contribution in [1.29, 1.82) is 0 Å². The van der Waals surface area contributed by atoms with Crippen LogP contribution in [-0.4, -0.2) is 24.7 Å². The van der Waals surface area contributed by atoms with Gasteiger partial charge in [-0.05, 0) is 35.6 Å². The number of halogens is 1. The normalized spacial score (nSPS) is 10.6. The van der Waals surface area contributed by atoms with Crippen molar-refractivity contribution in [3.8, 4) is 0 Å². The van der Waals surface area contributed by atoms with E-state index < -0.39 is 18.5 Å². The Balaban J connectivity index is 1.69. The lowest BCUT2D eigenvalue weighted by Crippen LogP contribution is -2.33. The first-order chi connectivity index (χ1) is 14.1. The third-order valence-corrected chi connectivity index (χ3v) is 5.35. The second-order valence-corrected chi connectivity index (χ2v) is 7.53. The summed E-state index contributed by atoms with van der Waals surface area (Å²) in [4.78, 5) is 25.8. The number of rotatable bonds is 7. The van der Waals surface area contributed by atoms with Crippen molar-refractivity contribution in [1.82, 2.24) is 5.32 Å². The Morgan fingerprint density at radius 2 is 1.55 bits per heavy atom. The molecule has 0 radical (unpaired) electrons. The highest BCUT2D eigenvalue weighted by atomic mass is 35.5. The molecule has 0 aliphatic rings. The first-order valence-corrected chi connectivity index (χ1v) is 10.6. The Labute approximate surface area is 179 Å². The van der Waals surface area contributed by atoms with Crippen LogP contribution in [0.1, 0.15) is 27.5 Å². The summed E-state index contributed by atoms with van der Waals surface area (Å²) in [5, 5.41) is 3.23. The molecule has 0 unspecified atom stereocenters. The van der Waals surface area contributed by atoms with Gasteiger partial charge in [0, 0.05) is 4.90 Å². The van der Waals surface area contributed by atoms with Gasteiger partial charge in [0.15, 0.2) is 6.61 Å². The van der Waals surface area contributed by atoms with Crippen LogP contribution in [0.3, 0.4) is 0 Å². The SMILES string of the molecule is CSc1ccc(Cl)c(C(=O)OCC(=O)NC(c2ccccc2)c2ccccc2)c1. The maximum Gasteiger partial charge on any atom is 0.340 e. The van der Waals surface area contributed by atoms with E-state index in [1.165, 1.54) is 11.8 Å². The average Bonchev–Trinajstić information content (AvgIpc) is 2.77. The summed E-state index contributed by atoms with van der Waals surface area (Å²) >= 11 is 7.59. The molecule has 29 heavy (non-hydrogen) atoms. The quantitative estimate of drug-likeness (QED) is 0.421. The van der Waals surface area contributed by atoms with E-state index >= 15 is 0 Å². The third-order valence-electron chi connectivity index (χ3n) is 4.30.